The third-order valence-electron chi connectivity index (χ3n) is 2.61. The van der Waals surface area contributed by atoms with Crippen molar-refractivity contribution in [3.05, 3.63) is 47.4 Å². The van der Waals surface area contributed by atoms with E-state index in [2.05, 4.69) is 15.3 Å². The number of hydrogen-bond donors (Lipinski definition) is 2. The SMILES string of the molecule is Cc1cccc(C)c1Nc1cnc(C(=O)O)cn1. The summed E-state index contributed by atoms with van der Waals surface area (Å²) in [5.74, 6) is -0.557. The molecule has 0 aliphatic heterocycles. The van der Waals surface area contributed by atoms with Gasteiger partial charge in [0.25, 0.3) is 0 Å². The van der Waals surface area contributed by atoms with Crippen LogP contribution in [0.1, 0.15) is 21.6 Å². The fourth-order valence-electron chi connectivity index (χ4n) is 1.64. The molecule has 0 radical (unpaired) electrons. The average Bonchev–Trinajstić information content (AvgIpc) is 2.34. The van der Waals surface area contributed by atoms with Crippen molar-refractivity contribution in [1.82, 2.24) is 9.97 Å². The van der Waals surface area contributed by atoms with Crippen molar-refractivity contribution in [1.29, 1.82) is 0 Å². The van der Waals surface area contributed by atoms with E-state index in [0.29, 0.717) is 5.82 Å². The molecule has 2 aromatic rings. The van der Waals surface area contributed by atoms with Gasteiger partial charge < -0.3 is 10.4 Å². The molecule has 0 atom stereocenters. The Hall–Kier alpha value is -2.43. The Morgan fingerprint density at radius 3 is 2.33 bits per heavy atom. The number of aryl methyl sites for hydroxylation is 2. The highest BCUT2D eigenvalue weighted by Crippen LogP contribution is 2.22. The molecule has 92 valence electrons. The van der Waals surface area contributed by atoms with Gasteiger partial charge in [0, 0.05) is 5.69 Å². The zero-order valence-corrected chi connectivity index (χ0v) is 10.1. The molecule has 0 fully saturated rings. The van der Waals surface area contributed by atoms with Crippen molar-refractivity contribution >= 4 is 17.5 Å². The molecule has 0 saturated heterocycles. The minimum atomic E-state index is -1.08. The van der Waals surface area contributed by atoms with Gasteiger partial charge in [-0.25, -0.2) is 14.8 Å². The molecule has 0 amide bonds. The lowest BCUT2D eigenvalue weighted by Gasteiger charge is -2.11. The van der Waals surface area contributed by atoms with Crippen LogP contribution in [0.4, 0.5) is 11.5 Å². The van der Waals surface area contributed by atoms with E-state index in [4.69, 9.17) is 5.11 Å². The summed E-state index contributed by atoms with van der Waals surface area (Å²) >= 11 is 0. The van der Waals surface area contributed by atoms with Crippen LogP contribution in [0.3, 0.4) is 0 Å². The maximum atomic E-state index is 10.7. The summed E-state index contributed by atoms with van der Waals surface area (Å²) in [7, 11) is 0. The standard InChI is InChI=1S/C13H13N3O2/c1-8-4-3-5-9(2)12(8)16-11-7-14-10(6-15-11)13(17)18/h3-7H,1-2H3,(H,15,16)(H,17,18). The number of aromatic carboxylic acids is 1. The molecule has 5 heteroatoms. The van der Waals surface area contributed by atoms with Gasteiger partial charge in [-0.3, -0.25) is 0 Å². The van der Waals surface area contributed by atoms with Crippen LogP contribution in [0.25, 0.3) is 0 Å². The topological polar surface area (TPSA) is 75.1 Å². The van der Waals surface area contributed by atoms with E-state index in [1.54, 1.807) is 0 Å². The van der Waals surface area contributed by atoms with Crippen LogP contribution in [0.15, 0.2) is 30.6 Å². The second-order valence-electron chi connectivity index (χ2n) is 3.98. The monoisotopic (exact) mass is 243 g/mol. The van der Waals surface area contributed by atoms with E-state index in [-0.39, 0.29) is 5.69 Å². The number of benzene rings is 1. The second-order valence-corrected chi connectivity index (χ2v) is 3.98. The number of rotatable bonds is 3. The molecule has 18 heavy (non-hydrogen) atoms. The molecule has 2 rings (SSSR count). The van der Waals surface area contributed by atoms with Crippen LogP contribution in [-0.4, -0.2) is 21.0 Å². The highest BCUT2D eigenvalue weighted by Gasteiger charge is 2.06. The van der Waals surface area contributed by atoms with E-state index in [1.165, 1.54) is 12.4 Å². The number of para-hydroxylation sites is 1. The molecule has 1 aromatic heterocycles. The first-order chi connectivity index (χ1) is 8.58. The van der Waals surface area contributed by atoms with Crippen molar-refractivity contribution in [2.75, 3.05) is 5.32 Å². The van der Waals surface area contributed by atoms with Crippen LogP contribution >= 0.6 is 0 Å². The first kappa shape index (κ1) is 12.0. The molecule has 2 N–H and O–H groups in total. The third-order valence-corrected chi connectivity index (χ3v) is 2.61. The first-order valence-corrected chi connectivity index (χ1v) is 5.46. The number of aromatic nitrogens is 2. The summed E-state index contributed by atoms with van der Waals surface area (Å²) in [6.07, 6.45) is 2.65. The lowest BCUT2D eigenvalue weighted by atomic mass is 10.1. The average molecular weight is 243 g/mol. The lowest BCUT2D eigenvalue weighted by molar-refractivity contribution is 0.0690. The Kier molecular flexibility index (Phi) is 3.23. The molecule has 0 aliphatic rings. The van der Waals surface area contributed by atoms with E-state index < -0.39 is 5.97 Å². The number of carbonyl (C=O) groups is 1. The molecule has 5 nitrogen and oxygen atoms in total. The van der Waals surface area contributed by atoms with Crippen molar-refractivity contribution in [3.63, 3.8) is 0 Å². The van der Waals surface area contributed by atoms with Crippen molar-refractivity contribution in [2.45, 2.75) is 13.8 Å². The van der Waals surface area contributed by atoms with Crippen LogP contribution in [0.5, 0.6) is 0 Å². The maximum absolute atomic E-state index is 10.7. The minimum Gasteiger partial charge on any atom is -0.476 e. The van der Waals surface area contributed by atoms with E-state index in [1.807, 2.05) is 32.0 Å². The highest BCUT2D eigenvalue weighted by molar-refractivity contribution is 5.85. The largest absolute Gasteiger partial charge is 0.476 e. The summed E-state index contributed by atoms with van der Waals surface area (Å²) in [6, 6.07) is 5.97. The quantitative estimate of drug-likeness (QED) is 0.866. The molecule has 0 aliphatic carbocycles. The Labute approximate surface area is 105 Å². The molecule has 0 bridgehead atoms. The Morgan fingerprint density at radius 2 is 1.83 bits per heavy atom. The van der Waals surface area contributed by atoms with Crippen LogP contribution < -0.4 is 5.32 Å². The van der Waals surface area contributed by atoms with Gasteiger partial charge in [-0.15, -0.1) is 0 Å². The zero-order valence-electron chi connectivity index (χ0n) is 10.1. The summed E-state index contributed by atoms with van der Waals surface area (Å²) in [6.45, 7) is 3.99. The molecule has 0 unspecified atom stereocenters. The zero-order chi connectivity index (χ0) is 13.1. The fourth-order valence-corrected chi connectivity index (χ4v) is 1.64. The van der Waals surface area contributed by atoms with Gasteiger partial charge in [-0.05, 0) is 25.0 Å². The predicted octanol–water partition coefficient (Wildman–Crippen LogP) is 2.54. The van der Waals surface area contributed by atoms with Crippen molar-refractivity contribution < 1.29 is 9.90 Å². The Balaban J connectivity index is 2.26. The molecule has 1 aromatic carbocycles. The molecular formula is C13H13N3O2. The number of anilines is 2. The smallest absolute Gasteiger partial charge is 0.356 e. The first-order valence-electron chi connectivity index (χ1n) is 5.46. The van der Waals surface area contributed by atoms with Crippen LogP contribution in [-0.2, 0) is 0 Å². The minimum absolute atomic E-state index is 0.0675. The molecule has 0 saturated carbocycles. The number of nitrogens with one attached hydrogen (secondary N) is 1. The normalized spacial score (nSPS) is 10.1. The van der Waals surface area contributed by atoms with Crippen LogP contribution in [0, 0.1) is 13.8 Å². The highest BCUT2D eigenvalue weighted by atomic mass is 16.4. The van der Waals surface area contributed by atoms with E-state index in [0.717, 1.165) is 16.8 Å². The van der Waals surface area contributed by atoms with Crippen molar-refractivity contribution in [3.8, 4) is 0 Å². The fraction of sp³-hybridized carbons (Fsp3) is 0.154. The number of nitrogens with zero attached hydrogens (tertiary/aromatic N) is 2. The van der Waals surface area contributed by atoms with Crippen molar-refractivity contribution in [2.24, 2.45) is 0 Å². The van der Waals surface area contributed by atoms with E-state index >= 15 is 0 Å². The van der Waals surface area contributed by atoms with Gasteiger partial charge in [0.05, 0.1) is 12.4 Å². The summed E-state index contributed by atoms with van der Waals surface area (Å²) in [5, 5.41) is 11.9. The summed E-state index contributed by atoms with van der Waals surface area (Å²) in [5.41, 5.74) is 3.09. The number of carboxylic acid groups (broad SMARTS) is 1. The molecule has 0 spiro atoms. The Morgan fingerprint density at radius 1 is 1.17 bits per heavy atom. The maximum Gasteiger partial charge on any atom is 0.356 e. The van der Waals surface area contributed by atoms with Gasteiger partial charge in [0.2, 0.25) is 0 Å². The summed E-state index contributed by atoms with van der Waals surface area (Å²) < 4.78 is 0. The summed E-state index contributed by atoms with van der Waals surface area (Å²) in [4.78, 5) is 18.5. The number of hydrogen-bond acceptors (Lipinski definition) is 4. The van der Waals surface area contributed by atoms with Gasteiger partial charge in [0.15, 0.2) is 5.69 Å². The van der Waals surface area contributed by atoms with Gasteiger partial charge in [0.1, 0.15) is 5.82 Å². The predicted molar refractivity (Wildman–Crippen MR) is 68.2 cm³/mol. The lowest BCUT2D eigenvalue weighted by Crippen LogP contribution is -2.03. The Bertz CT molecular complexity index is 559. The second kappa shape index (κ2) is 4.83. The molecule has 1 heterocycles. The van der Waals surface area contributed by atoms with E-state index in [9.17, 15) is 4.79 Å². The van der Waals surface area contributed by atoms with Gasteiger partial charge in [-0.2, -0.15) is 0 Å². The van der Waals surface area contributed by atoms with Gasteiger partial charge in [-0.1, -0.05) is 18.2 Å². The number of carboxylic acids is 1. The van der Waals surface area contributed by atoms with Gasteiger partial charge >= 0.3 is 5.97 Å². The third kappa shape index (κ3) is 2.45. The van der Waals surface area contributed by atoms with Crippen LogP contribution in [0.2, 0.25) is 0 Å². The molecular weight excluding hydrogens is 230 g/mol.